The fourth-order valence-corrected chi connectivity index (χ4v) is 5.46. The van der Waals surface area contributed by atoms with Crippen molar-refractivity contribution in [2.75, 3.05) is 18.5 Å². The van der Waals surface area contributed by atoms with Gasteiger partial charge in [0.25, 0.3) is 5.91 Å². The van der Waals surface area contributed by atoms with Crippen LogP contribution in [0.15, 0.2) is 73.1 Å². The summed E-state index contributed by atoms with van der Waals surface area (Å²) in [6, 6.07) is 14.2. The van der Waals surface area contributed by atoms with Gasteiger partial charge in [-0.15, -0.1) is 0 Å². The van der Waals surface area contributed by atoms with Gasteiger partial charge in [-0.25, -0.2) is 9.82 Å². The third-order valence-electron chi connectivity index (χ3n) is 4.95. The first kappa shape index (κ1) is 28.0. The number of anilines is 1. The molecule has 4 rings (SSSR count). The molecule has 3 aromatic carbocycles. The van der Waals surface area contributed by atoms with Crippen LogP contribution >= 0.6 is 54.5 Å². The van der Waals surface area contributed by atoms with Crippen LogP contribution < -0.4 is 20.2 Å². The Labute approximate surface area is 247 Å². The van der Waals surface area contributed by atoms with Crippen LogP contribution in [-0.4, -0.2) is 31.2 Å². The van der Waals surface area contributed by atoms with E-state index in [1.165, 1.54) is 30.5 Å². The average Bonchev–Trinajstić information content (AvgIpc) is 3.30. The summed E-state index contributed by atoms with van der Waals surface area (Å²) < 4.78 is 32.4. The van der Waals surface area contributed by atoms with Gasteiger partial charge < -0.3 is 19.2 Å². The number of rotatable bonds is 9. The molecule has 0 aliphatic heterocycles. The minimum Gasteiger partial charge on any atom is -0.490 e. The van der Waals surface area contributed by atoms with E-state index in [0.717, 1.165) is 14.3 Å². The summed E-state index contributed by atoms with van der Waals surface area (Å²) in [7, 11) is 0. The number of hydrazone groups is 1. The molecular weight excluding hydrogens is 740 g/mol. The predicted octanol–water partition coefficient (Wildman–Crippen LogP) is 6.88. The number of ether oxygens (including phenoxy) is 2. The van der Waals surface area contributed by atoms with E-state index < -0.39 is 17.6 Å². The molecule has 0 saturated carbocycles. The maximum Gasteiger partial charge on any atom is 0.307 e. The van der Waals surface area contributed by atoms with E-state index >= 15 is 0 Å². The lowest BCUT2D eigenvalue weighted by Crippen LogP contribution is -2.20. The largest absolute Gasteiger partial charge is 0.490 e. The van der Waals surface area contributed by atoms with Crippen LogP contribution in [0.1, 0.15) is 23.0 Å². The lowest BCUT2D eigenvalue weighted by Gasteiger charge is -2.14. The summed E-state index contributed by atoms with van der Waals surface area (Å²) in [4.78, 5) is 24.8. The number of halogens is 4. The minimum absolute atomic E-state index is 0.114. The lowest BCUT2D eigenvalue weighted by molar-refractivity contribution is -0.118. The molecule has 0 spiro atoms. The fourth-order valence-electron chi connectivity index (χ4n) is 3.34. The Bertz CT molecular complexity index is 1530. The summed E-state index contributed by atoms with van der Waals surface area (Å²) in [5.74, 6) is -0.394. The molecule has 1 heterocycles. The molecule has 0 radical (unpaired) electrons. The Morgan fingerprint density at radius 2 is 1.87 bits per heavy atom. The number of hydrogen-bond donors (Lipinski definition) is 2. The van der Waals surface area contributed by atoms with Crippen LogP contribution in [0.3, 0.4) is 0 Å². The van der Waals surface area contributed by atoms with Crippen molar-refractivity contribution in [2.45, 2.75) is 6.92 Å². The molecule has 0 atom stereocenters. The highest BCUT2D eigenvalue weighted by Crippen LogP contribution is 2.34. The SMILES string of the molecule is CCOc1cc(/C=N\NC(=O)c2cc3cc(Br)cc(Br)c3o2)cc(I)c1OCC(=O)Nc1ccc(F)cc1. The molecule has 0 saturated heterocycles. The van der Waals surface area contributed by atoms with Crippen molar-refractivity contribution in [2.24, 2.45) is 5.10 Å². The third-order valence-corrected chi connectivity index (χ3v) is 6.79. The molecule has 0 unspecified atom stereocenters. The predicted molar refractivity (Wildman–Crippen MR) is 158 cm³/mol. The zero-order valence-corrected chi connectivity index (χ0v) is 25.0. The van der Waals surface area contributed by atoms with Gasteiger partial charge in [0.1, 0.15) is 11.4 Å². The van der Waals surface area contributed by atoms with Crippen molar-refractivity contribution in [3.05, 3.63) is 84.3 Å². The number of carbonyl (C=O) groups excluding carboxylic acids is 2. The minimum atomic E-state index is -0.507. The van der Waals surface area contributed by atoms with Crippen molar-refractivity contribution in [3.8, 4) is 11.5 Å². The fraction of sp³-hybridized carbons (Fsp3) is 0.115. The van der Waals surface area contributed by atoms with Crippen LogP contribution in [0, 0.1) is 9.39 Å². The third kappa shape index (κ3) is 7.11. The molecule has 0 bridgehead atoms. The van der Waals surface area contributed by atoms with Crippen LogP contribution in [0.5, 0.6) is 11.5 Å². The number of nitrogens with one attached hydrogen (secondary N) is 2. The highest BCUT2D eigenvalue weighted by atomic mass is 127. The molecule has 2 N–H and O–H groups in total. The maximum absolute atomic E-state index is 13.1. The first-order chi connectivity index (χ1) is 18.2. The number of amides is 2. The number of hydrogen-bond acceptors (Lipinski definition) is 6. The van der Waals surface area contributed by atoms with E-state index in [-0.39, 0.29) is 12.4 Å². The summed E-state index contributed by atoms with van der Waals surface area (Å²) in [6.45, 7) is 1.91. The molecule has 196 valence electrons. The van der Waals surface area contributed by atoms with Gasteiger partial charge in [0.2, 0.25) is 0 Å². The summed E-state index contributed by atoms with van der Waals surface area (Å²) in [5.41, 5.74) is 4.10. The second-order valence-corrected chi connectivity index (χ2v) is 10.7. The van der Waals surface area contributed by atoms with E-state index in [0.29, 0.717) is 38.5 Å². The van der Waals surface area contributed by atoms with Gasteiger partial charge in [0.05, 0.1) is 20.9 Å². The van der Waals surface area contributed by atoms with Gasteiger partial charge >= 0.3 is 5.91 Å². The molecule has 0 fully saturated rings. The lowest BCUT2D eigenvalue weighted by atomic mass is 10.2. The first-order valence-electron chi connectivity index (χ1n) is 11.1. The van der Waals surface area contributed by atoms with Gasteiger partial charge in [-0.1, -0.05) is 15.9 Å². The normalized spacial score (nSPS) is 11.1. The second kappa shape index (κ2) is 12.7. The van der Waals surface area contributed by atoms with E-state index in [4.69, 9.17) is 13.9 Å². The van der Waals surface area contributed by atoms with Gasteiger partial charge in [-0.2, -0.15) is 5.10 Å². The van der Waals surface area contributed by atoms with Crippen LogP contribution in [0.2, 0.25) is 0 Å². The smallest absolute Gasteiger partial charge is 0.307 e. The van der Waals surface area contributed by atoms with E-state index in [1.54, 1.807) is 18.2 Å². The number of fused-ring (bicyclic) bond motifs is 1. The van der Waals surface area contributed by atoms with Gasteiger partial charge in [-0.3, -0.25) is 9.59 Å². The Hall–Kier alpha value is -2.97. The van der Waals surface area contributed by atoms with E-state index in [9.17, 15) is 14.0 Å². The van der Waals surface area contributed by atoms with Crippen LogP contribution in [0.4, 0.5) is 10.1 Å². The van der Waals surface area contributed by atoms with E-state index in [2.05, 4.69) is 70.3 Å². The molecule has 1 aromatic heterocycles. The van der Waals surface area contributed by atoms with Crippen molar-refractivity contribution in [3.63, 3.8) is 0 Å². The number of nitrogens with zero attached hydrogens (tertiary/aromatic N) is 1. The Morgan fingerprint density at radius 3 is 2.61 bits per heavy atom. The summed E-state index contributed by atoms with van der Waals surface area (Å²) >= 11 is 8.89. The molecule has 12 heteroatoms. The molecule has 8 nitrogen and oxygen atoms in total. The number of furan rings is 1. The monoisotopic (exact) mass is 757 g/mol. The van der Waals surface area contributed by atoms with Crippen LogP contribution in [-0.2, 0) is 4.79 Å². The number of benzene rings is 3. The van der Waals surface area contributed by atoms with Crippen molar-refractivity contribution < 1.29 is 27.9 Å². The summed E-state index contributed by atoms with van der Waals surface area (Å²) in [6.07, 6.45) is 1.46. The summed E-state index contributed by atoms with van der Waals surface area (Å²) in [5, 5.41) is 7.43. The van der Waals surface area contributed by atoms with Crippen LogP contribution in [0.25, 0.3) is 11.0 Å². The molecule has 0 aliphatic carbocycles. The second-order valence-electron chi connectivity index (χ2n) is 7.72. The first-order valence-corrected chi connectivity index (χ1v) is 13.8. The highest BCUT2D eigenvalue weighted by Gasteiger charge is 2.16. The van der Waals surface area contributed by atoms with Crippen molar-refractivity contribution in [1.82, 2.24) is 5.43 Å². The molecule has 2 amide bonds. The van der Waals surface area contributed by atoms with Gasteiger partial charge in [0, 0.05) is 15.5 Å². The molecule has 4 aromatic rings. The zero-order chi connectivity index (χ0) is 27.2. The van der Waals surface area contributed by atoms with Crippen molar-refractivity contribution >= 4 is 89.1 Å². The van der Waals surface area contributed by atoms with Crippen molar-refractivity contribution in [1.29, 1.82) is 0 Å². The Balaban J connectivity index is 1.42. The quantitative estimate of drug-likeness (QED) is 0.110. The standard InChI is InChI=1S/C26H19Br2FIN3O5/c1-2-36-21-8-14(7-20(30)25(21)37-13-23(34)32-18-5-3-17(29)4-6-18)12-31-33-26(35)22-10-15-9-16(27)11-19(28)24(15)38-22/h3-12H,2,13H2,1H3,(H,32,34)(H,33,35)/b31-12-. The Kier molecular flexibility index (Phi) is 9.39. The highest BCUT2D eigenvalue weighted by molar-refractivity contribution is 14.1. The average molecular weight is 759 g/mol. The number of carbonyl (C=O) groups is 2. The van der Waals surface area contributed by atoms with Gasteiger partial charge in [0.15, 0.2) is 23.9 Å². The molecular formula is C26H19Br2FIN3O5. The van der Waals surface area contributed by atoms with E-state index in [1.807, 2.05) is 19.1 Å². The topological polar surface area (TPSA) is 102 Å². The Morgan fingerprint density at radius 1 is 1.11 bits per heavy atom. The molecule has 38 heavy (non-hydrogen) atoms. The maximum atomic E-state index is 13.1. The van der Waals surface area contributed by atoms with Gasteiger partial charge in [-0.05, 0) is 106 Å². The molecule has 0 aliphatic rings. The zero-order valence-electron chi connectivity index (χ0n) is 19.7.